The number of halogens is 1. The third-order valence-corrected chi connectivity index (χ3v) is 2.03. The first-order chi connectivity index (χ1) is 7.99. The average Bonchev–Trinajstić information content (AvgIpc) is 2.31. The number of aromatic hydroxyl groups is 1. The van der Waals surface area contributed by atoms with E-state index < -0.39 is 29.9 Å². The highest BCUT2D eigenvalue weighted by Crippen LogP contribution is 2.21. The number of nitrogens with one attached hydrogen (secondary N) is 1. The maximum atomic E-state index is 13.1. The van der Waals surface area contributed by atoms with Crippen molar-refractivity contribution in [3.05, 3.63) is 17.4 Å². The fraction of sp³-hybridized carbons (Fsp3) is 0.300. The summed E-state index contributed by atoms with van der Waals surface area (Å²) >= 11 is 0. The number of nitrogens with zero attached hydrogens (tertiary/aromatic N) is 1. The number of hydrogen-bond acceptors (Lipinski definition) is 6. The Morgan fingerprint density at radius 2 is 2.24 bits per heavy atom. The number of esters is 1. The Morgan fingerprint density at radius 3 is 2.76 bits per heavy atom. The largest absolute Gasteiger partial charge is 0.491 e. The second-order valence-corrected chi connectivity index (χ2v) is 3.12. The lowest BCUT2D eigenvalue weighted by Gasteiger charge is -2.07. The van der Waals surface area contributed by atoms with E-state index in [-0.39, 0.29) is 11.4 Å². The molecule has 0 aliphatic heterocycles. The molecule has 0 aliphatic carbocycles. The van der Waals surface area contributed by atoms with E-state index >= 15 is 0 Å². The van der Waals surface area contributed by atoms with Crippen LogP contribution in [0.25, 0.3) is 0 Å². The Morgan fingerprint density at radius 1 is 1.59 bits per heavy atom. The molecule has 0 saturated heterocycles. The summed E-state index contributed by atoms with van der Waals surface area (Å²) in [6.45, 7) is 0. The van der Waals surface area contributed by atoms with Crippen molar-refractivity contribution >= 4 is 17.6 Å². The first-order valence-electron chi connectivity index (χ1n) is 4.66. The van der Waals surface area contributed by atoms with Gasteiger partial charge in [-0.15, -0.1) is 0 Å². The van der Waals surface area contributed by atoms with Gasteiger partial charge < -0.3 is 15.2 Å². The minimum atomic E-state index is -1.03. The summed E-state index contributed by atoms with van der Waals surface area (Å²) in [5, 5.41) is 11.6. The molecule has 92 valence electrons. The van der Waals surface area contributed by atoms with Gasteiger partial charge in [0.15, 0.2) is 11.6 Å². The van der Waals surface area contributed by atoms with Crippen LogP contribution >= 0.6 is 0 Å². The molecule has 1 aromatic rings. The number of carbonyl (C=O) groups is 2. The van der Waals surface area contributed by atoms with Gasteiger partial charge in [0.2, 0.25) is 5.88 Å². The van der Waals surface area contributed by atoms with E-state index in [2.05, 4.69) is 15.0 Å². The van der Waals surface area contributed by atoms with Gasteiger partial charge in [-0.1, -0.05) is 0 Å². The number of pyridine rings is 1. The standard InChI is InChI=1S/C10H11FN2O4/c1-12-9-5(3-6(11)10(16)13-9)7(14)4-8(15)17-2/h3H,4H2,1-2H3,(H2,12,13,16). The molecule has 0 aromatic carbocycles. The second kappa shape index (κ2) is 5.24. The number of anilines is 1. The third-order valence-electron chi connectivity index (χ3n) is 2.03. The highest BCUT2D eigenvalue weighted by molar-refractivity contribution is 6.08. The van der Waals surface area contributed by atoms with Crippen molar-refractivity contribution < 1.29 is 23.8 Å². The van der Waals surface area contributed by atoms with Crippen LogP contribution in [0.1, 0.15) is 16.8 Å². The van der Waals surface area contributed by atoms with Crippen molar-refractivity contribution in [2.75, 3.05) is 19.5 Å². The first-order valence-corrected chi connectivity index (χ1v) is 4.66. The molecule has 0 aliphatic rings. The van der Waals surface area contributed by atoms with Gasteiger partial charge in [0.1, 0.15) is 12.2 Å². The van der Waals surface area contributed by atoms with Crippen LogP contribution in [-0.4, -0.2) is 36.0 Å². The van der Waals surface area contributed by atoms with Crippen molar-refractivity contribution in [3.8, 4) is 5.88 Å². The molecule has 2 N–H and O–H groups in total. The van der Waals surface area contributed by atoms with Crippen molar-refractivity contribution in [2.45, 2.75) is 6.42 Å². The summed E-state index contributed by atoms with van der Waals surface area (Å²) in [5.74, 6) is -3.22. The van der Waals surface area contributed by atoms with Gasteiger partial charge in [-0.2, -0.15) is 4.98 Å². The summed E-state index contributed by atoms with van der Waals surface area (Å²) in [4.78, 5) is 26.0. The van der Waals surface area contributed by atoms with Gasteiger partial charge in [-0.25, -0.2) is 4.39 Å². The highest BCUT2D eigenvalue weighted by atomic mass is 19.1. The zero-order valence-electron chi connectivity index (χ0n) is 9.28. The highest BCUT2D eigenvalue weighted by Gasteiger charge is 2.19. The molecule has 1 rings (SSSR count). The van der Waals surface area contributed by atoms with Crippen molar-refractivity contribution in [1.82, 2.24) is 4.98 Å². The minimum absolute atomic E-state index is 0.00203. The van der Waals surface area contributed by atoms with E-state index in [4.69, 9.17) is 5.11 Å². The Balaban J connectivity index is 3.08. The monoisotopic (exact) mass is 242 g/mol. The van der Waals surface area contributed by atoms with Gasteiger partial charge in [-0.05, 0) is 6.07 Å². The van der Waals surface area contributed by atoms with E-state index in [1.807, 2.05) is 0 Å². The molecular weight excluding hydrogens is 231 g/mol. The van der Waals surface area contributed by atoms with E-state index in [9.17, 15) is 14.0 Å². The minimum Gasteiger partial charge on any atom is -0.491 e. The zero-order chi connectivity index (χ0) is 13.0. The summed E-state index contributed by atoms with van der Waals surface area (Å²) in [7, 11) is 2.60. The van der Waals surface area contributed by atoms with Crippen molar-refractivity contribution in [3.63, 3.8) is 0 Å². The summed E-state index contributed by atoms with van der Waals surface area (Å²) in [6.07, 6.45) is -0.517. The lowest BCUT2D eigenvalue weighted by Crippen LogP contribution is -2.12. The number of carbonyl (C=O) groups excluding carboxylic acids is 2. The molecule has 0 saturated carbocycles. The van der Waals surface area contributed by atoms with Gasteiger partial charge in [0.25, 0.3) is 0 Å². The molecule has 6 nitrogen and oxygen atoms in total. The van der Waals surface area contributed by atoms with Crippen LogP contribution < -0.4 is 5.32 Å². The van der Waals surface area contributed by atoms with Crippen molar-refractivity contribution in [2.24, 2.45) is 0 Å². The van der Waals surface area contributed by atoms with Crippen LogP contribution in [0.3, 0.4) is 0 Å². The molecule has 0 radical (unpaired) electrons. The third kappa shape index (κ3) is 2.90. The maximum absolute atomic E-state index is 13.1. The van der Waals surface area contributed by atoms with E-state index in [0.717, 1.165) is 13.2 Å². The predicted octanol–water partition coefficient (Wildman–Crippen LogP) is 0.714. The Hall–Kier alpha value is -2.18. The molecule has 1 aromatic heterocycles. The van der Waals surface area contributed by atoms with E-state index in [1.165, 1.54) is 7.05 Å². The number of ether oxygens (including phenoxy) is 1. The molecule has 0 unspecified atom stereocenters. The van der Waals surface area contributed by atoms with Crippen LogP contribution in [0.5, 0.6) is 5.88 Å². The van der Waals surface area contributed by atoms with Crippen LogP contribution in [0.4, 0.5) is 10.2 Å². The number of hydrogen-bond donors (Lipinski definition) is 2. The van der Waals surface area contributed by atoms with Crippen LogP contribution in [-0.2, 0) is 9.53 Å². The lowest BCUT2D eigenvalue weighted by molar-refractivity contribution is -0.139. The van der Waals surface area contributed by atoms with Crippen molar-refractivity contribution in [1.29, 1.82) is 0 Å². The van der Waals surface area contributed by atoms with Gasteiger partial charge in [0, 0.05) is 7.05 Å². The normalized spacial score (nSPS) is 9.82. The Labute approximate surface area is 96.4 Å². The molecular formula is C10H11FN2O4. The number of methoxy groups -OCH3 is 1. The Bertz CT molecular complexity index is 462. The molecule has 17 heavy (non-hydrogen) atoms. The number of aromatic nitrogens is 1. The summed E-state index contributed by atoms with van der Waals surface area (Å²) in [5.41, 5.74) is -0.117. The fourth-order valence-electron chi connectivity index (χ4n) is 1.18. The summed E-state index contributed by atoms with van der Waals surface area (Å²) in [6, 6.07) is 0.819. The zero-order valence-corrected chi connectivity index (χ0v) is 9.28. The average molecular weight is 242 g/mol. The van der Waals surface area contributed by atoms with Gasteiger partial charge in [-0.3, -0.25) is 9.59 Å². The Kier molecular flexibility index (Phi) is 3.97. The van der Waals surface area contributed by atoms with Gasteiger partial charge >= 0.3 is 5.97 Å². The van der Waals surface area contributed by atoms with Crippen LogP contribution in [0, 0.1) is 5.82 Å². The lowest BCUT2D eigenvalue weighted by atomic mass is 10.1. The number of rotatable bonds is 4. The molecule has 0 atom stereocenters. The van der Waals surface area contributed by atoms with Crippen LogP contribution in [0.2, 0.25) is 0 Å². The van der Waals surface area contributed by atoms with Crippen LogP contribution in [0.15, 0.2) is 6.07 Å². The molecule has 0 bridgehead atoms. The molecule has 0 amide bonds. The van der Waals surface area contributed by atoms with Gasteiger partial charge in [0.05, 0.1) is 12.7 Å². The maximum Gasteiger partial charge on any atom is 0.313 e. The topological polar surface area (TPSA) is 88.5 Å². The molecule has 0 spiro atoms. The predicted molar refractivity (Wildman–Crippen MR) is 56.4 cm³/mol. The second-order valence-electron chi connectivity index (χ2n) is 3.12. The summed E-state index contributed by atoms with van der Waals surface area (Å²) < 4.78 is 17.4. The molecule has 7 heteroatoms. The number of Topliss-reactive ketones (excluding diaryl/α,β-unsaturated/α-hetero) is 1. The van der Waals surface area contributed by atoms with E-state index in [0.29, 0.717) is 0 Å². The quantitative estimate of drug-likeness (QED) is 0.459. The number of ketones is 1. The first kappa shape index (κ1) is 12.9. The SMILES string of the molecule is CNc1nc(O)c(F)cc1C(=O)CC(=O)OC. The molecule has 1 heterocycles. The fourth-order valence-corrected chi connectivity index (χ4v) is 1.18. The molecule has 0 fully saturated rings. The van der Waals surface area contributed by atoms with E-state index in [1.54, 1.807) is 0 Å². The smallest absolute Gasteiger partial charge is 0.313 e.